The summed E-state index contributed by atoms with van der Waals surface area (Å²) in [5.41, 5.74) is 1.90. The van der Waals surface area contributed by atoms with Crippen molar-refractivity contribution in [1.29, 1.82) is 0 Å². The molecule has 1 aromatic heterocycles. The highest BCUT2D eigenvalue weighted by Crippen LogP contribution is 2.32. The number of benzene rings is 1. The highest BCUT2D eigenvalue weighted by atomic mass is 16.5. The zero-order valence-corrected chi connectivity index (χ0v) is 12.1. The van der Waals surface area contributed by atoms with Crippen LogP contribution in [0.1, 0.15) is 24.4 Å². The zero-order chi connectivity index (χ0) is 14.8. The summed E-state index contributed by atoms with van der Waals surface area (Å²) in [6, 6.07) is 9.90. The number of rotatable bonds is 4. The summed E-state index contributed by atoms with van der Waals surface area (Å²) in [6.07, 6.45) is 1.30. The number of anilines is 1. The molecular weight excluding hydrogens is 268 g/mol. The zero-order valence-electron chi connectivity index (χ0n) is 12.1. The minimum absolute atomic E-state index is 0.160. The number of nitrogens with zero attached hydrogens (tertiary/aromatic N) is 3. The largest absolute Gasteiger partial charge is 0.355 e. The van der Waals surface area contributed by atoms with Gasteiger partial charge in [-0.25, -0.2) is 9.78 Å². The first-order valence-electron chi connectivity index (χ1n) is 6.94. The molecule has 110 valence electrons. The maximum atomic E-state index is 12.2. The number of nitrogens with one attached hydrogen (secondary N) is 1. The molecule has 1 aromatic carbocycles. The molecule has 6 heteroatoms. The molecular formula is C15H18N4O2. The fraction of sp³-hybridized carbons (Fsp3) is 0.333. The van der Waals surface area contributed by atoms with E-state index in [1.54, 1.807) is 18.3 Å². The van der Waals surface area contributed by atoms with E-state index in [4.69, 9.17) is 4.74 Å². The quantitative estimate of drug-likeness (QED) is 0.939. The molecule has 3 rings (SSSR count). The molecule has 2 aromatic rings. The van der Waals surface area contributed by atoms with Crippen molar-refractivity contribution in [3.63, 3.8) is 0 Å². The van der Waals surface area contributed by atoms with Crippen molar-refractivity contribution in [2.24, 2.45) is 0 Å². The molecule has 0 saturated heterocycles. The number of fused-ring (bicyclic) bond motifs is 1. The predicted octanol–water partition coefficient (Wildman–Crippen LogP) is 2.44. The van der Waals surface area contributed by atoms with Crippen LogP contribution in [0.5, 0.6) is 0 Å². The van der Waals surface area contributed by atoms with Gasteiger partial charge in [-0.1, -0.05) is 30.3 Å². The van der Waals surface area contributed by atoms with Crippen LogP contribution in [-0.2, 0) is 11.3 Å². The Bertz CT molecular complexity index is 638. The Hall–Kier alpha value is -2.34. The Morgan fingerprint density at radius 2 is 2.10 bits per heavy atom. The van der Waals surface area contributed by atoms with Gasteiger partial charge in [0, 0.05) is 13.7 Å². The standard InChI is InChI=1S/C15H18N4O2/c1-3-19-14(21-2)12-13(17-15(19)20)18(10-16-12)9-11-7-5-4-6-8-11/h4-8,10,14H,3,9H2,1-2H3,(H,17,20). The highest BCUT2D eigenvalue weighted by Gasteiger charge is 2.34. The van der Waals surface area contributed by atoms with Crippen molar-refractivity contribution < 1.29 is 9.53 Å². The van der Waals surface area contributed by atoms with Gasteiger partial charge in [-0.05, 0) is 12.5 Å². The van der Waals surface area contributed by atoms with Crippen LogP contribution in [-0.4, -0.2) is 34.1 Å². The molecule has 1 aliphatic heterocycles. The molecule has 2 heterocycles. The van der Waals surface area contributed by atoms with Crippen LogP contribution in [0.4, 0.5) is 10.6 Å². The summed E-state index contributed by atoms with van der Waals surface area (Å²) in [6.45, 7) is 3.14. The van der Waals surface area contributed by atoms with Crippen LogP contribution >= 0.6 is 0 Å². The summed E-state index contributed by atoms with van der Waals surface area (Å²) in [4.78, 5) is 18.2. The molecule has 0 aliphatic carbocycles. The number of aromatic nitrogens is 2. The van der Waals surface area contributed by atoms with Gasteiger partial charge in [0.05, 0.1) is 12.9 Å². The Kier molecular flexibility index (Phi) is 3.62. The van der Waals surface area contributed by atoms with Crippen molar-refractivity contribution in [1.82, 2.24) is 14.5 Å². The van der Waals surface area contributed by atoms with E-state index < -0.39 is 6.23 Å². The first-order chi connectivity index (χ1) is 10.2. The first kappa shape index (κ1) is 13.6. The van der Waals surface area contributed by atoms with Crippen LogP contribution in [0.15, 0.2) is 36.7 Å². The van der Waals surface area contributed by atoms with Gasteiger partial charge in [-0.3, -0.25) is 10.2 Å². The van der Waals surface area contributed by atoms with E-state index in [-0.39, 0.29) is 6.03 Å². The molecule has 1 atom stereocenters. The number of ether oxygens (including phenoxy) is 1. The third-order valence-corrected chi connectivity index (χ3v) is 3.63. The molecule has 2 amide bonds. The maximum Gasteiger partial charge on any atom is 0.325 e. The Balaban J connectivity index is 1.94. The molecule has 0 fully saturated rings. The van der Waals surface area contributed by atoms with Crippen molar-refractivity contribution in [2.45, 2.75) is 19.7 Å². The molecule has 6 nitrogen and oxygen atoms in total. The lowest BCUT2D eigenvalue weighted by atomic mass is 10.2. The molecule has 0 bridgehead atoms. The number of urea groups is 1. The molecule has 0 spiro atoms. The van der Waals surface area contributed by atoms with Crippen molar-refractivity contribution in [3.05, 3.63) is 47.9 Å². The van der Waals surface area contributed by atoms with Gasteiger partial charge < -0.3 is 9.30 Å². The summed E-state index contributed by atoms with van der Waals surface area (Å²) in [5, 5.41) is 2.90. The lowest BCUT2D eigenvalue weighted by molar-refractivity contribution is -0.00947. The number of carbonyl (C=O) groups is 1. The van der Waals surface area contributed by atoms with E-state index in [0.29, 0.717) is 18.9 Å². The van der Waals surface area contributed by atoms with Gasteiger partial charge in [-0.2, -0.15) is 0 Å². The average molecular weight is 286 g/mol. The van der Waals surface area contributed by atoms with Crippen molar-refractivity contribution in [3.8, 4) is 0 Å². The topological polar surface area (TPSA) is 59.4 Å². The lowest BCUT2D eigenvalue weighted by Gasteiger charge is -2.33. The Labute approximate surface area is 123 Å². The molecule has 21 heavy (non-hydrogen) atoms. The van der Waals surface area contributed by atoms with E-state index in [1.807, 2.05) is 41.8 Å². The number of hydrogen-bond acceptors (Lipinski definition) is 3. The van der Waals surface area contributed by atoms with E-state index >= 15 is 0 Å². The predicted molar refractivity (Wildman–Crippen MR) is 78.9 cm³/mol. The van der Waals surface area contributed by atoms with E-state index in [1.165, 1.54) is 0 Å². The second kappa shape index (κ2) is 5.57. The minimum Gasteiger partial charge on any atom is -0.355 e. The number of methoxy groups -OCH3 is 1. The SMILES string of the molecule is CCN1C(=O)Nc2c(ncn2Cc2ccccc2)C1OC. The number of carbonyl (C=O) groups excluding carboxylic acids is 1. The van der Waals surface area contributed by atoms with Crippen LogP contribution in [0.25, 0.3) is 0 Å². The molecule has 1 N–H and O–H groups in total. The molecule has 1 aliphatic rings. The monoisotopic (exact) mass is 286 g/mol. The summed E-state index contributed by atoms with van der Waals surface area (Å²) >= 11 is 0. The number of imidazole rings is 1. The van der Waals surface area contributed by atoms with E-state index in [0.717, 1.165) is 11.3 Å². The third kappa shape index (κ3) is 2.38. The van der Waals surface area contributed by atoms with Crippen LogP contribution in [0.2, 0.25) is 0 Å². The molecule has 0 radical (unpaired) electrons. The maximum absolute atomic E-state index is 12.2. The van der Waals surface area contributed by atoms with Gasteiger partial charge in [0.25, 0.3) is 0 Å². The fourth-order valence-corrected chi connectivity index (χ4v) is 2.59. The highest BCUT2D eigenvalue weighted by molar-refractivity contribution is 5.91. The lowest BCUT2D eigenvalue weighted by Crippen LogP contribution is -2.43. The second-order valence-corrected chi connectivity index (χ2v) is 4.90. The number of hydrogen-bond donors (Lipinski definition) is 1. The van der Waals surface area contributed by atoms with Crippen LogP contribution in [0, 0.1) is 0 Å². The summed E-state index contributed by atoms with van der Waals surface area (Å²) in [5.74, 6) is 0.709. The Morgan fingerprint density at radius 3 is 2.76 bits per heavy atom. The molecule has 0 saturated carbocycles. The van der Waals surface area contributed by atoms with Gasteiger partial charge in [-0.15, -0.1) is 0 Å². The third-order valence-electron chi connectivity index (χ3n) is 3.63. The van der Waals surface area contributed by atoms with Gasteiger partial charge in [0.2, 0.25) is 0 Å². The van der Waals surface area contributed by atoms with Crippen molar-refractivity contribution in [2.75, 3.05) is 19.0 Å². The number of amides is 2. The van der Waals surface area contributed by atoms with Crippen molar-refractivity contribution >= 4 is 11.8 Å². The van der Waals surface area contributed by atoms with Gasteiger partial charge >= 0.3 is 6.03 Å². The average Bonchev–Trinajstić information content (AvgIpc) is 2.89. The van der Waals surface area contributed by atoms with Gasteiger partial charge in [0.15, 0.2) is 6.23 Å². The normalized spacial score (nSPS) is 17.5. The summed E-state index contributed by atoms with van der Waals surface area (Å²) in [7, 11) is 1.59. The van der Waals surface area contributed by atoms with Gasteiger partial charge in [0.1, 0.15) is 11.5 Å². The van der Waals surface area contributed by atoms with Crippen LogP contribution in [0.3, 0.4) is 0 Å². The second-order valence-electron chi connectivity index (χ2n) is 4.90. The molecule has 1 unspecified atom stereocenters. The minimum atomic E-state index is -0.434. The van der Waals surface area contributed by atoms with Crippen LogP contribution < -0.4 is 5.32 Å². The first-order valence-corrected chi connectivity index (χ1v) is 6.94. The van der Waals surface area contributed by atoms with E-state index in [9.17, 15) is 4.79 Å². The fourth-order valence-electron chi connectivity index (χ4n) is 2.59. The Morgan fingerprint density at radius 1 is 1.33 bits per heavy atom. The smallest absolute Gasteiger partial charge is 0.325 e. The van der Waals surface area contributed by atoms with E-state index in [2.05, 4.69) is 10.3 Å². The summed E-state index contributed by atoms with van der Waals surface area (Å²) < 4.78 is 7.38.